The van der Waals surface area contributed by atoms with Crippen LogP contribution in [0.25, 0.3) is 12.2 Å². The van der Waals surface area contributed by atoms with Crippen LogP contribution in [0.1, 0.15) is 11.1 Å². The predicted octanol–water partition coefficient (Wildman–Crippen LogP) is 4.93. The minimum Gasteiger partial charge on any atom is -0.0888 e. The van der Waals surface area contributed by atoms with E-state index in [4.69, 9.17) is 0 Å². The molecule has 0 radical (unpaired) electrons. The molecule has 1 heterocycles. The van der Waals surface area contributed by atoms with E-state index < -0.39 is 0 Å². The topological polar surface area (TPSA) is 0 Å². The van der Waals surface area contributed by atoms with Crippen LogP contribution in [0.5, 0.6) is 0 Å². The first kappa shape index (κ1) is 10.4. The molecule has 0 amide bonds. The summed E-state index contributed by atoms with van der Waals surface area (Å²) in [5.74, 6) is 0. The fourth-order valence-corrected chi connectivity index (χ4v) is 3.29. The molecule has 0 aliphatic carbocycles. The quantitative estimate of drug-likeness (QED) is 0.525. The molecule has 1 aliphatic rings. The molecule has 2 heteroatoms. The Morgan fingerprint density at radius 1 is 0.812 bits per heavy atom. The Balaban J connectivity index is 2.17. The first-order chi connectivity index (χ1) is 7.83. The molecule has 16 heavy (non-hydrogen) atoms. The highest BCUT2D eigenvalue weighted by Crippen LogP contribution is 2.37. The second kappa shape index (κ2) is 4.26. The Labute approximate surface area is 113 Å². The van der Waals surface area contributed by atoms with Crippen molar-refractivity contribution in [2.45, 2.75) is 9.79 Å². The lowest BCUT2D eigenvalue weighted by Gasteiger charge is -2.05. The van der Waals surface area contributed by atoms with Crippen molar-refractivity contribution in [2.75, 3.05) is 0 Å². The summed E-state index contributed by atoms with van der Waals surface area (Å²) in [5, 5.41) is 0. The fourth-order valence-electron chi connectivity index (χ4n) is 1.75. The van der Waals surface area contributed by atoms with Gasteiger partial charge in [0.15, 0.2) is 0 Å². The van der Waals surface area contributed by atoms with E-state index in [0.717, 1.165) is 0 Å². The van der Waals surface area contributed by atoms with E-state index in [0.29, 0.717) is 0 Å². The van der Waals surface area contributed by atoms with Gasteiger partial charge in [-0.3, -0.25) is 0 Å². The number of benzene rings is 2. The van der Waals surface area contributed by atoms with Crippen molar-refractivity contribution in [1.82, 2.24) is 0 Å². The minimum atomic E-state index is 1.28. The highest BCUT2D eigenvalue weighted by Gasteiger charge is 2.09. The molecule has 2 aromatic carbocycles. The largest absolute Gasteiger partial charge is 0.0888 e. The van der Waals surface area contributed by atoms with Crippen LogP contribution in [0.3, 0.4) is 0 Å². The zero-order chi connectivity index (χ0) is 11.0. The van der Waals surface area contributed by atoms with Crippen LogP contribution in [0, 0.1) is 3.57 Å². The maximum atomic E-state index is 2.36. The van der Waals surface area contributed by atoms with Crippen molar-refractivity contribution in [1.29, 1.82) is 0 Å². The summed E-state index contributed by atoms with van der Waals surface area (Å²) in [7, 11) is 0. The summed E-state index contributed by atoms with van der Waals surface area (Å²) in [6.07, 6.45) is 4.40. The van der Waals surface area contributed by atoms with E-state index in [2.05, 4.69) is 77.2 Å². The second-order valence-corrected chi connectivity index (χ2v) is 5.98. The van der Waals surface area contributed by atoms with Crippen molar-refractivity contribution >= 4 is 46.5 Å². The summed E-state index contributed by atoms with van der Waals surface area (Å²) >= 11 is 4.20. The summed E-state index contributed by atoms with van der Waals surface area (Å²) < 4.78 is 1.28. The van der Waals surface area contributed by atoms with Crippen LogP contribution >= 0.6 is 34.4 Å². The van der Waals surface area contributed by atoms with E-state index in [1.807, 2.05) is 11.8 Å². The van der Waals surface area contributed by atoms with Gasteiger partial charge in [0.05, 0.1) is 0 Å². The van der Waals surface area contributed by atoms with Crippen molar-refractivity contribution in [3.63, 3.8) is 0 Å². The monoisotopic (exact) mass is 336 g/mol. The lowest BCUT2D eigenvalue weighted by Crippen LogP contribution is -1.80. The van der Waals surface area contributed by atoms with Crippen LogP contribution in [-0.2, 0) is 0 Å². The van der Waals surface area contributed by atoms with Crippen LogP contribution < -0.4 is 0 Å². The number of halogens is 1. The molecule has 0 atom stereocenters. The first-order valence-corrected chi connectivity index (χ1v) is 6.97. The molecule has 0 nitrogen and oxygen atoms in total. The van der Waals surface area contributed by atoms with E-state index in [1.165, 1.54) is 24.5 Å². The molecule has 0 N–H and O–H groups in total. The smallest absolute Gasteiger partial charge is 0.0195 e. The van der Waals surface area contributed by atoms with Gasteiger partial charge in [-0.15, -0.1) is 0 Å². The van der Waals surface area contributed by atoms with Gasteiger partial charge in [0.1, 0.15) is 0 Å². The van der Waals surface area contributed by atoms with Gasteiger partial charge in [-0.2, -0.15) is 0 Å². The van der Waals surface area contributed by atoms with Crippen molar-refractivity contribution in [2.24, 2.45) is 0 Å². The fraction of sp³-hybridized carbons (Fsp3) is 0. The van der Waals surface area contributed by atoms with Gasteiger partial charge in [-0.1, -0.05) is 42.1 Å². The zero-order valence-corrected chi connectivity index (χ0v) is 11.5. The Morgan fingerprint density at radius 2 is 1.56 bits per heavy atom. The molecule has 2 aromatic rings. The summed E-state index contributed by atoms with van der Waals surface area (Å²) in [6.45, 7) is 0. The molecule has 0 aromatic heterocycles. The second-order valence-electron chi connectivity index (χ2n) is 3.66. The van der Waals surface area contributed by atoms with Gasteiger partial charge in [-0.25, -0.2) is 0 Å². The third-order valence-corrected chi connectivity index (χ3v) is 4.41. The Kier molecular flexibility index (Phi) is 2.77. The molecule has 1 aliphatic heterocycles. The van der Waals surface area contributed by atoms with Gasteiger partial charge < -0.3 is 0 Å². The number of hydrogen-bond donors (Lipinski definition) is 0. The third-order valence-electron chi connectivity index (χ3n) is 2.55. The first-order valence-electron chi connectivity index (χ1n) is 5.07. The standard InChI is InChI=1S/C14H9IS/c15-12-7-8-14-11(9-12)6-5-10-3-1-2-4-13(10)16-14/h1-9H. The lowest BCUT2D eigenvalue weighted by molar-refractivity contribution is 1.38. The third kappa shape index (κ3) is 1.92. The van der Waals surface area contributed by atoms with Crippen molar-refractivity contribution in [3.05, 3.63) is 57.2 Å². The Morgan fingerprint density at radius 3 is 2.50 bits per heavy atom. The molecular formula is C14H9IS. The number of hydrogen-bond acceptors (Lipinski definition) is 1. The summed E-state index contributed by atoms with van der Waals surface area (Å²) in [6, 6.07) is 15.1. The van der Waals surface area contributed by atoms with Gasteiger partial charge in [0.25, 0.3) is 0 Å². The van der Waals surface area contributed by atoms with Gasteiger partial charge >= 0.3 is 0 Å². The number of fused-ring (bicyclic) bond motifs is 2. The molecule has 3 rings (SSSR count). The van der Waals surface area contributed by atoms with Crippen LogP contribution in [0.2, 0.25) is 0 Å². The highest BCUT2D eigenvalue weighted by atomic mass is 127. The highest BCUT2D eigenvalue weighted by molar-refractivity contribution is 14.1. The Hall–Kier alpha value is -0.740. The SMILES string of the molecule is Ic1ccc2c(c1)C=Cc1ccccc1S2. The average Bonchev–Trinajstić information content (AvgIpc) is 2.48. The summed E-state index contributed by atoms with van der Waals surface area (Å²) in [5.41, 5.74) is 2.62. The summed E-state index contributed by atoms with van der Waals surface area (Å²) in [4.78, 5) is 2.67. The van der Waals surface area contributed by atoms with Crippen molar-refractivity contribution < 1.29 is 0 Å². The molecule has 0 spiro atoms. The Bertz CT molecular complexity index is 573. The minimum absolute atomic E-state index is 1.28. The molecular weight excluding hydrogens is 327 g/mol. The number of rotatable bonds is 0. The zero-order valence-electron chi connectivity index (χ0n) is 8.48. The predicted molar refractivity (Wildman–Crippen MR) is 78.7 cm³/mol. The maximum absolute atomic E-state index is 2.36. The van der Waals surface area contributed by atoms with Gasteiger partial charge in [-0.05, 0) is 58.0 Å². The molecule has 0 saturated carbocycles. The van der Waals surface area contributed by atoms with E-state index >= 15 is 0 Å². The van der Waals surface area contributed by atoms with Crippen molar-refractivity contribution in [3.8, 4) is 0 Å². The molecule has 0 unspecified atom stereocenters. The van der Waals surface area contributed by atoms with Gasteiger partial charge in [0.2, 0.25) is 0 Å². The lowest BCUT2D eigenvalue weighted by atomic mass is 10.1. The normalized spacial score (nSPS) is 12.8. The average molecular weight is 336 g/mol. The molecule has 0 saturated heterocycles. The van der Waals surface area contributed by atoms with Crippen LogP contribution in [0.15, 0.2) is 52.3 Å². The molecule has 0 fully saturated rings. The molecule has 78 valence electrons. The van der Waals surface area contributed by atoms with Crippen LogP contribution in [-0.4, -0.2) is 0 Å². The maximum Gasteiger partial charge on any atom is 0.0195 e. The van der Waals surface area contributed by atoms with Gasteiger partial charge in [0, 0.05) is 13.4 Å². The van der Waals surface area contributed by atoms with Crippen LogP contribution in [0.4, 0.5) is 0 Å². The van der Waals surface area contributed by atoms with E-state index in [1.54, 1.807) is 0 Å². The van der Waals surface area contributed by atoms with E-state index in [9.17, 15) is 0 Å². The van der Waals surface area contributed by atoms with E-state index in [-0.39, 0.29) is 0 Å². The molecule has 0 bridgehead atoms.